The number of carbonyl (C=O) groups excluding carboxylic acids is 1. The fourth-order valence-corrected chi connectivity index (χ4v) is 4.19. The van der Waals surface area contributed by atoms with Gasteiger partial charge in [0.05, 0.1) is 0 Å². The lowest BCUT2D eigenvalue weighted by molar-refractivity contribution is -0.164. The van der Waals surface area contributed by atoms with Gasteiger partial charge in [-0.25, -0.2) is 12.8 Å². The van der Waals surface area contributed by atoms with E-state index in [0.29, 0.717) is 24.1 Å². The molecule has 1 amide bonds. The number of nitrogens with one attached hydrogen (secondary N) is 1. The summed E-state index contributed by atoms with van der Waals surface area (Å²) in [6.07, 6.45) is -4.08. The molecule has 0 spiro atoms. The number of benzene rings is 1. The van der Waals surface area contributed by atoms with Crippen molar-refractivity contribution in [2.24, 2.45) is 7.05 Å². The van der Waals surface area contributed by atoms with Crippen LogP contribution in [-0.2, 0) is 17.1 Å². The van der Waals surface area contributed by atoms with Crippen LogP contribution in [0.4, 0.5) is 23.2 Å². The lowest BCUT2D eigenvalue weighted by atomic mass is 10.3. The van der Waals surface area contributed by atoms with Gasteiger partial charge in [0.1, 0.15) is 16.6 Å². The van der Waals surface area contributed by atoms with Crippen LogP contribution in [0.25, 0.3) is 0 Å². The maximum Gasteiger partial charge on any atom is 0.404 e. The predicted octanol–water partition coefficient (Wildman–Crippen LogP) is 3.75. The molecule has 1 aromatic heterocycles. The van der Waals surface area contributed by atoms with Crippen LogP contribution in [0.15, 0.2) is 39.8 Å². The third kappa shape index (κ3) is 4.39. The Morgan fingerprint density at radius 2 is 1.93 bits per heavy atom. The fraction of sp³-hybridized carbons (Fsp3) is 0.312. The molecule has 0 unspecified atom stereocenters. The largest absolute Gasteiger partial charge is 0.404 e. The Morgan fingerprint density at radius 1 is 1.32 bits per heavy atom. The first kappa shape index (κ1) is 22.4. The number of hydrogen-bond acceptors (Lipinski definition) is 3. The number of aryl methyl sites for hydroxylation is 1. The van der Waals surface area contributed by atoms with E-state index in [4.69, 9.17) is 0 Å². The van der Waals surface area contributed by atoms with Gasteiger partial charge >= 0.3 is 6.18 Å². The zero-order chi connectivity index (χ0) is 21.4. The number of hydrogen-bond donors (Lipinski definition) is 1. The molecule has 2 rings (SSSR count). The molecule has 154 valence electrons. The Hall–Kier alpha value is -1.92. The van der Waals surface area contributed by atoms with Crippen LogP contribution in [0.1, 0.15) is 17.4 Å². The second-order valence-corrected chi connectivity index (χ2v) is 8.85. The normalized spacial score (nSPS) is 13.6. The van der Waals surface area contributed by atoms with E-state index in [-0.39, 0.29) is 4.31 Å². The Balaban J connectivity index is 2.41. The van der Waals surface area contributed by atoms with E-state index in [1.807, 2.05) is 0 Å². The van der Waals surface area contributed by atoms with Crippen LogP contribution in [0.2, 0.25) is 0 Å². The summed E-state index contributed by atoms with van der Waals surface area (Å²) in [5.74, 6) is -2.39. The summed E-state index contributed by atoms with van der Waals surface area (Å²) in [4.78, 5) is 11.4. The molecule has 0 saturated heterocycles. The molecule has 0 aliphatic heterocycles. The lowest BCUT2D eigenvalue weighted by Crippen LogP contribution is -2.44. The van der Waals surface area contributed by atoms with Gasteiger partial charge in [0.15, 0.2) is 5.82 Å². The van der Waals surface area contributed by atoms with Gasteiger partial charge in [-0.1, -0.05) is 22.0 Å². The first-order valence-electron chi connectivity index (χ1n) is 7.73. The number of amides is 1. The lowest BCUT2D eigenvalue weighted by Gasteiger charge is -2.25. The Kier molecular flexibility index (Phi) is 6.26. The topological polar surface area (TPSA) is 71.4 Å². The summed E-state index contributed by atoms with van der Waals surface area (Å²) < 4.78 is 79.8. The summed E-state index contributed by atoms with van der Waals surface area (Å²) in [6, 6.07) is 4.00. The van der Waals surface area contributed by atoms with Crippen molar-refractivity contribution in [3.8, 4) is 0 Å². The van der Waals surface area contributed by atoms with E-state index in [2.05, 4.69) is 21.2 Å². The number of aromatic nitrogens is 1. The van der Waals surface area contributed by atoms with Gasteiger partial charge in [-0.05, 0) is 25.1 Å². The number of halogens is 5. The van der Waals surface area contributed by atoms with E-state index >= 15 is 0 Å². The molecule has 0 radical (unpaired) electrons. The quantitative estimate of drug-likeness (QED) is 0.655. The highest BCUT2D eigenvalue weighted by Crippen LogP contribution is 2.30. The minimum Gasteiger partial charge on any atom is -0.343 e. The van der Waals surface area contributed by atoms with E-state index in [9.17, 15) is 30.8 Å². The van der Waals surface area contributed by atoms with Crippen molar-refractivity contribution in [2.45, 2.75) is 24.0 Å². The average Bonchev–Trinajstić information content (AvgIpc) is 2.87. The van der Waals surface area contributed by atoms with Gasteiger partial charge in [-0.15, -0.1) is 0 Å². The van der Waals surface area contributed by atoms with E-state index in [0.717, 1.165) is 10.8 Å². The zero-order valence-corrected chi connectivity index (χ0v) is 17.3. The maximum absolute atomic E-state index is 14.8. The van der Waals surface area contributed by atoms with Crippen LogP contribution >= 0.6 is 15.9 Å². The van der Waals surface area contributed by atoms with Gasteiger partial charge in [0.25, 0.3) is 5.91 Å². The molecule has 28 heavy (non-hydrogen) atoms. The van der Waals surface area contributed by atoms with Crippen molar-refractivity contribution in [1.29, 1.82) is 0 Å². The molecule has 0 aliphatic carbocycles. The van der Waals surface area contributed by atoms with E-state index in [1.54, 1.807) is 12.1 Å². The summed E-state index contributed by atoms with van der Waals surface area (Å²) in [5, 5.41) is 2.40. The van der Waals surface area contributed by atoms with Gasteiger partial charge in [-0.3, -0.25) is 4.79 Å². The van der Waals surface area contributed by atoms with Gasteiger partial charge in [0, 0.05) is 30.5 Å². The first-order chi connectivity index (χ1) is 12.8. The number of sulfonamides is 1. The molecule has 1 N–H and O–H groups in total. The van der Waals surface area contributed by atoms with Crippen molar-refractivity contribution in [2.75, 3.05) is 12.4 Å². The zero-order valence-electron chi connectivity index (χ0n) is 14.9. The van der Waals surface area contributed by atoms with Crippen LogP contribution in [-0.4, -0.2) is 42.5 Å². The molecule has 0 fully saturated rings. The molecule has 0 bridgehead atoms. The Morgan fingerprint density at radius 3 is 2.46 bits per heavy atom. The van der Waals surface area contributed by atoms with Crippen molar-refractivity contribution in [3.63, 3.8) is 0 Å². The van der Waals surface area contributed by atoms with Crippen molar-refractivity contribution in [1.82, 2.24) is 8.87 Å². The first-order valence-corrected chi connectivity index (χ1v) is 9.96. The van der Waals surface area contributed by atoms with Crippen LogP contribution < -0.4 is 5.32 Å². The third-order valence-corrected chi connectivity index (χ3v) is 6.47. The summed E-state index contributed by atoms with van der Waals surface area (Å²) in [7, 11) is -2.93. The molecule has 0 aliphatic rings. The van der Waals surface area contributed by atoms with Crippen molar-refractivity contribution in [3.05, 3.63) is 46.4 Å². The summed E-state index contributed by atoms with van der Waals surface area (Å²) in [6.45, 7) is 0.638. The Labute approximate surface area is 167 Å². The molecular formula is C16H16BrF4N3O3S. The number of alkyl halides is 3. The number of nitrogens with zero attached hydrogens (tertiary/aromatic N) is 2. The van der Waals surface area contributed by atoms with E-state index < -0.39 is 44.6 Å². The van der Waals surface area contributed by atoms with E-state index in [1.165, 1.54) is 19.2 Å². The molecule has 0 saturated carbocycles. The number of rotatable bonds is 5. The predicted molar refractivity (Wildman–Crippen MR) is 97.9 cm³/mol. The smallest absolute Gasteiger partial charge is 0.343 e. The average molecular weight is 486 g/mol. The van der Waals surface area contributed by atoms with Crippen molar-refractivity contribution >= 4 is 37.5 Å². The van der Waals surface area contributed by atoms with Gasteiger partial charge < -0.3 is 9.88 Å². The van der Waals surface area contributed by atoms with Crippen LogP contribution in [0.3, 0.4) is 0 Å². The van der Waals surface area contributed by atoms with Crippen LogP contribution in [0, 0.1) is 5.82 Å². The molecule has 6 nitrogen and oxygen atoms in total. The number of carbonyl (C=O) groups is 1. The maximum atomic E-state index is 14.8. The Bertz CT molecular complexity index is 1010. The molecule has 12 heteroatoms. The van der Waals surface area contributed by atoms with Crippen LogP contribution in [0.5, 0.6) is 0 Å². The van der Waals surface area contributed by atoms with Crippen molar-refractivity contribution < 1.29 is 30.8 Å². The van der Waals surface area contributed by atoms with Gasteiger partial charge in [-0.2, -0.15) is 17.5 Å². The second kappa shape index (κ2) is 7.84. The highest BCUT2D eigenvalue weighted by molar-refractivity contribution is 9.10. The highest BCUT2D eigenvalue weighted by atomic mass is 79.9. The fourth-order valence-electron chi connectivity index (χ4n) is 2.33. The molecule has 1 aromatic carbocycles. The third-order valence-electron chi connectivity index (χ3n) is 4.06. The monoisotopic (exact) mass is 485 g/mol. The van der Waals surface area contributed by atoms with Gasteiger partial charge in [0.2, 0.25) is 10.0 Å². The SMILES string of the molecule is C[C@@H](N(C)S(=O)(=O)c1cn(C)c(C(=O)Nc2cccc(Br)c2)c1F)C(F)(F)F. The second-order valence-electron chi connectivity index (χ2n) is 5.97. The molecular weight excluding hydrogens is 470 g/mol. The standard InChI is InChI=1S/C16H16BrF4N3O3S/c1-9(16(19,20)21)24(3)28(26,27)12-8-23(2)14(13(12)18)15(25)22-11-6-4-5-10(17)7-11/h4-9H,1-3H3,(H,22,25)/t9-/m1/s1. The summed E-state index contributed by atoms with van der Waals surface area (Å²) >= 11 is 3.21. The molecule has 1 atom stereocenters. The minimum absolute atomic E-state index is 0.0153. The molecule has 2 aromatic rings. The number of anilines is 1. The minimum atomic E-state index is -4.84. The highest BCUT2D eigenvalue weighted by Gasteiger charge is 2.44. The molecule has 1 heterocycles. The summed E-state index contributed by atoms with van der Waals surface area (Å²) in [5.41, 5.74) is -0.321.